The summed E-state index contributed by atoms with van der Waals surface area (Å²) >= 11 is 5.68. The molecule has 1 aromatic carbocycles. The number of methoxy groups -OCH3 is 1. The van der Waals surface area contributed by atoms with Gasteiger partial charge in [-0.1, -0.05) is 23.7 Å². The Kier molecular flexibility index (Phi) is 3.95. The van der Waals surface area contributed by atoms with Crippen LogP contribution in [0.5, 0.6) is 0 Å². The summed E-state index contributed by atoms with van der Waals surface area (Å²) in [5.74, 6) is 0. The van der Waals surface area contributed by atoms with Crippen molar-refractivity contribution in [1.82, 2.24) is 0 Å². The van der Waals surface area contributed by atoms with E-state index in [-0.39, 0.29) is 0 Å². The Hall–Kier alpha value is -1.73. The molecule has 0 heterocycles. The molecule has 5 heteroatoms. The summed E-state index contributed by atoms with van der Waals surface area (Å²) in [6.07, 6.45) is -1.87. The molecule has 0 aliphatic carbocycles. The molecule has 1 atom stereocenters. The molecule has 0 amide bonds. The van der Waals surface area contributed by atoms with Gasteiger partial charge in [0.25, 0.3) is 0 Å². The van der Waals surface area contributed by atoms with Gasteiger partial charge in [0.2, 0.25) is 6.10 Å². The fraction of sp³-hybridized carbons (Fsp3) is 0.200. The van der Waals surface area contributed by atoms with Gasteiger partial charge < -0.3 is 9.47 Å². The van der Waals surface area contributed by atoms with Crippen LogP contribution in [-0.4, -0.2) is 13.3 Å². The third-order valence-corrected chi connectivity index (χ3v) is 1.92. The molecular weight excluding hydrogens is 218 g/mol. The van der Waals surface area contributed by atoms with E-state index < -0.39 is 12.3 Å². The monoisotopic (exact) mass is 225 g/mol. The Morgan fingerprint density at radius 1 is 1.47 bits per heavy atom. The highest BCUT2D eigenvalue weighted by Gasteiger charge is 2.15. The van der Waals surface area contributed by atoms with E-state index in [0.717, 1.165) is 0 Å². The standard InChI is InChI=1S/C10H8ClNO3/c1-14-10(13)15-9(6-12)7-2-4-8(11)5-3-7/h2-5,9H,1H3/t9-/m0/s1. The number of nitriles is 1. The zero-order valence-corrected chi connectivity index (χ0v) is 8.69. The van der Waals surface area contributed by atoms with Crippen LogP contribution in [0.2, 0.25) is 5.02 Å². The maximum Gasteiger partial charge on any atom is 0.509 e. The van der Waals surface area contributed by atoms with Crippen LogP contribution in [0.25, 0.3) is 0 Å². The lowest BCUT2D eigenvalue weighted by Gasteiger charge is -2.09. The molecule has 0 radical (unpaired) electrons. The predicted molar refractivity (Wildman–Crippen MR) is 53.3 cm³/mol. The van der Waals surface area contributed by atoms with Crippen molar-refractivity contribution in [2.75, 3.05) is 7.11 Å². The van der Waals surface area contributed by atoms with Crippen LogP contribution in [0.1, 0.15) is 11.7 Å². The third kappa shape index (κ3) is 3.15. The first kappa shape index (κ1) is 11.3. The molecule has 1 rings (SSSR count). The molecule has 0 aliphatic heterocycles. The van der Waals surface area contributed by atoms with Gasteiger partial charge in [0.15, 0.2) is 0 Å². The lowest BCUT2D eigenvalue weighted by molar-refractivity contribution is 0.0544. The largest absolute Gasteiger partial charge is 0.509 e. The molecule has 0 bridgehead atoms. The highest BCUT2D eigenvalue weighted by molar-refractivity contribution is 6.30. The van der Waals surface area contributed by atoms with Gasteiger partial charge in [0, 0.05) is 10.6 Å². The predicted octanol–water partition coefficient (Wildman–Crippen LogP) is 2.69. The minimum absolute atomic E-state index is 0.548. The molecule has 1 aromatic rings. The Balaban J connectivity index is 2.80. The number of hydrogen-bond acceptors (Lipinski definition) is 4. The molecular formula is C10H8ClNO3. The SMILES string of the molecule is COC(=O)O[C@@H](C#N)c1ccc(Cl)cc1. The van der Waals surface area contributed by atoms with Gasteiger partial charge in [-0.15, -0.1) is 0 Å². The highest BCUT2D eigenvalue weighted by atomic mass is 35.5. The van der Waals surface area contributed by atoms with Crippen LogP contribution < -0.4 is 0 Å². The smallest absolute Gasteiger partial charge is 0.438 e. The molecule has 0 unspecified atom stereocenters. The van der Waals surface area contributed by atoms with Crippen molar-refractivity contribution < 1.29 is 14.3 Å². The summed E-state index contributed by atoms with van der Waals surface area (Å²) in [5, 5.41) is 9.33. The average molecular weight is 226 g/mol. The van der Waals surface area contributed by atoms with E-state index in [0.29, 0.717) is 10.6 Å². The van der Waals surface area contributed by atoms with E-state index in [2.05, 4.69) is 4.74 Å². The molecule has 0 fully saturated rings. The van der Waals surface area contributed by atoms with Crippen molar-refractivity contribution in [3.05, 3.63) is 34.9 Å². The summed E-state index contributed by atoms with van der Waals surface area (Å²) in [4.78, 5) is 10.8. The maximum atomic E-state index is 10.8. The fourth-order valence-electron chi connectivity index (χ4n) is 0.951. The van der Waals surface area contributed by atoms with E-state index >= 15 is 0 Å². The number of halogens is 1. The molecule has 0 N–H and O–H groups in total. The molecule has 15 heavy (non-hydrogen) atoms. The van der Waals surface area contributed by atoms with E-state index in [1.54, 1.807) is 24.3 Å². The molecule has 78 valence electrons. The zero-order chi connectivity index (χ0) is 11.3. The van der Waals surface area contributed by atoms with E-state index in [1.807, 2.05) is 6.07 Å². The van der Waals surface area contributed by atoms with E-state index in [1.165, 1.54) is 7.11 Å². The van der Waals surface area contributed by atoms with E-state index in [4.69, 9.17) is 21.6 Å². The van der Waals surface area contributed by atoms with Crippen molar-refractivity contribution >= 4 is 17.8 Å². The van der Waals surface area contributed by atoms with Gasteiger partial charge in [0.05, 0.1) is 7.11 Å². The molecule has 0 aliphatic rings. The van der Waals surface area contributed by atoms with Gasteiger partial charge >= 0.3 is 6.16 Å². The molecule has 0 saturated carbocycles. The topological polar surface area (TPSA) is 59.3 Å². The van der Waals surface area contributed by atoms with Crippen LogP contribution in [-0.2, 0) is 9.47 Å². The minimum atomic E-state index is -0.977. The fourth-order valence-corrected chi connectivity index (χ4v) is 1.08. The second-order valence-electron chi connectivity index (χ2n) is 2.63. The van der Waals surface area contributed by atoms with Gasteiger partial charge in [-0.2, -0.15) is 5.26 Å². The second-order valence-corrected chi connectivity index (χ2v) is 3.07. The molecule has 0 saturated heterocycles. The summed E-state index contributed by atoms with van der Waals surface area (Å²) in [7, 11) is 1.18. The van der Waals surface area contributed by atoms with Crippen molar-refractivity contribution in [2.45, 2.75) is 6.10 Å². The molecule has 4 nitrogen and oxygen atoms in total. The van der Waals surface area contributed by atoms with Crippen LogP contribution in [0.4, 0.5) is 4.79 Å². The van der Waals surface area contributed by atoms with Crippen LogP contribution in [0.15, 0.2) is 24.3 Å². The normalized spacial score (nSPS) is 11.3. The quantitative estimate of drug-likeness (QED) is 0.726. The first-order chi connectivity index (χ1) is 7.17. The Morgan fingerprint density at radius 3 is 2.53 bits per heavy atom. The minimum Gasteiger partial charge on any atom is -0.438 e. The number of ether oxygens (including phenoxy) is 2. The van der Waals surface area contributed by atoms with Crippen molar-refractivity contribution in [3.63, 3.8) is 0 Å². The van der Waals surface area contributed by atoms with Crippen molar-refractivity contribution in [2.24, 2.45) is 0 Å². The Labute approximate surface area is 92.0 Å². The van der Waals surface area contributed by atoms with Crippen molar-refractivity contribution in [3.8, 4) is 6.07 Å². The van der Waals surface area contributed by atoms with Crippen LogP contribution >= 0.6 is 11.6 Å². The lowest BCUT2D eigenvalue weighted by atomic mass is 10.1. The molecule has 0 aromatic heterocycles. The summed E-state index contributed by atoms with van der Waals surface area (Å²) in [6.45, 7) is 0. The van der Waals surface area contributed by atoms with Crippen LogP contribution in [0, 0.1) is 11.3 Å². The summed E-state index contributed by atoms with van der Waals surface area (Å²) < 4.78 is 9.00. The van der Waals surface area contributed by atoms with Crippen molar-refractivity contribution in [1.29, 1.82) is 5.26 Å². The Morgan fingerprint density at radius 2 is 2.07 bits per heavy atom. The zero-order valence-electron chi connectivity index (χ0n) is 7.94. The maximum absolute atomic E-state index is 10.8. The number of rotatable bonds is 2. The summed E-state index contributed by atoms with van der Waals surface area (Å²) in [5.41, 5.74) is 0.548. The van der Waals surface area contributed by atoms with Crippen LogP contribution in [0.3, 0.4) is 0 Å². The second kappa shape index (κ2) is 5.23. The van der Waals surface area contributed by atoms with E-state index in [9.17, 15) is 4.79 Å². The number of hydrogen-bond donors (Lipinski definition) is 0. The lowest BCUT2D eigenvalue weighted by Crippen LogP contribution is -2.09. The number of carbonyl (C=O) groups is 1. The molecule has 0 spiro atoms. The summed E-state index contributed by atoms with van der Waals surface area (Å²) in [6, 6.07) is 8.28. The van der Waals surface area contributed by atoms with Gasteiger partial charge in [0.1, 0.15) is 6.07 Å². The first-order valence-corrected chi connectivity index (χ1v) is 4.45. The average Bonchev–Trinajstić information content (AvgIpc) is 2.27. The number of benzene rings is 1. The highest BCUT2D eigenvalue weighted by Crippen LogP contribution is 2.19. The third-order valence-electron chi connectivity index (χ3n) is 1.67. The van der Waals surface area contributed by atoms with Gasteiger partial charge in [-0.05, 0) is 12.1 Å². The van der Waals surface area contributed by atoms with Gasteiger partial charge in [-0.3, -0.25) is 0 Å². The Bertz CT molecular complexity index is 383. The first-order valence-electron chi connectivity index (χ1n) is 4.07. The number of carbonyl (C=O) groups excluding carboxylic acids is 1. The van der Waals surface area contributed by atoms with Gasteiger partial charge in [-0.25, -0.2) is 4.79 Å². The number of nitrogens with zero attached hydrogens (tertiary/aromatic N) is 1.